The van der Waals surface area contributed by atoms with Gasteiger partial charge in [-0.05, 0) is 41.5 Å². The first-order valence-electron chi connectivity index (χ1n) is 7.38. The molecule has 1 heterocycles. The molecule has 1 aliphatic heterocycles. The topological polar surface area (TPSA) is 96.3 Å². The quantitative estimate of drug-likeness (QED) is 0.915. The van der Waals surface area contributed by atoms with E-state index in [0.717, 1.165) is 17.7 Å². The Hall–Kier alpha value is -2.82. The predicted molar refractivity (Wildman–Crippen MR) is 92.2 cm³/mol. The molecule has 7 heteroatoms. The van der Waals surface area contributed by atoms with E-state index < -0.39 is 26.2 Å². The summed E-state index contributed by atoms with van der Waals surface area (Å²) < 4.78 is 37.2. The van der Waals surface area contributed by atoms with E-state index >= 15 is 0 Å². The monoisotopic (exact) mass is 355 g/mol. The fourth-order valence-corrected chi connectivity index (χ4v) is 3.52. The van der Waals surface area contributed by atoms with Crippen molar-refractivity contribution < 1.29 is 12.8 Å². The van der Waals surface area contributed by atoms with Crippen molar-refractivity contribution in [2.24, 2.45) is 10.1 Å². The van der Waals surface area contributed by atoms with Crippen molar-refractivity contribution in [3.8, 4) is 6.07 Å². The molecule has 1 unspecified atom stereocenters. The molecule has 0 saturated carbocycles. The Morgan fingerprint density at radius 3 is 2.56 bits per heavy atom. The SMILES string of the molecule is N#Cc1cccc(C2(c3ccc(S(N)(=O)=O)c(F)c3)C=CC=NC2)c1. The van der Waals surface area contributed by atoms with E-state index in [1.54, 1.807) is 30.5 Å². The lowest BCUT2D eigenvalue weighted by molar-refractivity contribution is 0.561. The van der Waals surface area contributed by atoms with Crippen LogP contribution in [0.5, 0.6) is 0 Å². The number of nitriles is 1. The second-order valence-electron chi connectivity index (χ2n) is 5.70. The van der Waals surface area contributed by atoms with Crippen molar-refractivity contribution in [1.29, 1.82) is 5.26 Å². The number of halogens is 1. The molecule has 1 atom stereocenters. The minimum absolute atomic E-state index is 0.312. The summed E-state index contributed by atoms with van der Waals surface area (Å²) in [5, 5.41) is 14.2. The highest BCUT2D eigenvalue weighted by atomic mass is 32.2. The molecule has 5 nitrogen and oxygen atoms in total. The highest BCUT2D eigenvalue weighted by Crippen LogP contribution is 2.37. The van der Waals surface area contributed by atoms with Crippen LogP contribution < -0.4 is 5.14 Å². The molecule has 0 aliphatic carbocycles. The van der Waals surface area contributed by atoms with E-state index in [1.807, 2.05) is 12.1 Å². The second-order valence-corrected chi connectivity index (χ2v) is 7.23. The summed E-state index contributed by atoms with van der Waals surface area (Å²) in [4.78, 5) is 3.72. The molecule has 2 aromatic carbocycles. The van der Waals surface area contributed by atoms with Gasteiger partial charge in [-0.25, -0.2) is 17.9 Å². The number of allylic oxidation sites excluding steroid dienone is 1. The summed E-state index contributed by atoms with van der Waals surface area (Å²) in [6.45, 7) is 0.312. The van der Waals surface area contributed by atoms with E-state index in [0.29, 0.717) is 17.7 Å². The summed E-state index contributed by atoms with van der Waals surface area (Å²) in [7, 11) is -4.14. The first-order valence-corrected chi connectivity index (χ1v) is 8.92. The third-order valence-corrected chi connectivity index (χ3v) is 5.12. The molecule has 0 saturated heterocycles. The van der Waals surface area contributed by atoms with E-state index in [1.165, 1.54) is 6.07 Å². The van der Waals surface area contributed by atoms with Crippen LogP contribution in [0, 0.1) is 17.1 Å². The third-order valence-electron chi connectivity index (χ3n) is 4.17. The van der Waals surface area contributed by atoms with Gasteiger partial charge in [0.2, 0.25) is 10.0 Å². The lowest BCUT2D eigenvalue weighted by Crippen LogP contribution is -2.31. The number of sulfonamides is 1. The second kappa shape index (κ2) is 6.24. The molecule has 0 fully saturated rings. The molecule has 0 spiro atoms. The van der Waals surface area contributed by atoms with Crippen LogP contribution in [0.1, 0.15) is 16.7 Å². The first-order chi connectivity index (χ1) is 11.9. The fraction of sp³-hybridized carbons (Fsp3) is 0.111. The smallest absolute Gasteiger partial charge is 0.240 e. The van der Waals surface area contributed by atoms with Gasteiger partial charge in [0.1, 0.15) is 10.7 Å². The summed E-state index contributed by atoms with van der Waals surface area (Å²) in [5.41, 5.74) is 0.976. The first kappa shape index (κ1) is 17.0. The predicted octanol–water partition coefficient (Wildman–Crippen LogP) is 2.27. The molecule has 2 N–H and O–H groups in total. The van der Waals surface area contributed by atoms with Gasteiger partial charge < -0.3 is 0 Å². The third kappa shape index (κ3) is 3.09. The Morgan fingerprint density at radius 2 is 1.96 bits per heavy atom. The average molecular weight is 355 g/mol. The molecule has 126 valence electrons. The summed E-state index contributed by atoms with van der Waals surface area (Å²) in [5.74, 6) is -0.918. The molecule has 25 heavy (non-hydrogen) atoms. The normalized spacial score (nSPS) is 19.6. The highest BCUT2D eigenvalue weighted by molar-refractivity contribution is 7.89. The van der Waals surface area contributed by atoms with Crippen molar-refractivity contribution in [2.45, 2.75) is 10.3 Å². The highest BCUT2D eigenvalue weighted by Gasteiger charge is 2.34. The molecule has 1 aliphatic rings. The molecular formula is C18H14FN3O2S. The molecule has 0 amide bonds. The van der Waals surface area contributed by atoms with Gasteiger partial charge in [-0.3, -0.25) is 4.99 Å². The number of benzene rings is 2. The van der Waals surface area contributed by atoms with Crippen molar-refractivity contribution >= 4 is 16.2 Å². The number of hydrogen-bond donors (Lipinski definition) is 1. The van der Waals surface area contributed by atoms with Crippen LogP contribution in [0.4, 0.5) is 4.39 Å². The number of aliphatic imine (C=N–C) groups is 1. The van der Waals surface area contributed by atoms with Gasteiger partial charge in [-0.1, -0.05) is 24.3 Å². The molecular weight excluding hydrogens is 341 g/mol. The molecule has 0 radical (unpaired) electrons. The average Bonchev–Trinajstić information content (AvgIpc) is 2.61. The van der Waals surface area contributed by atoms with Gasteiger partial charge in [0.15, 0.2) is 0 Å². The minimum Gasteiger partial charge on any atom is -0.292 e. The van der Waals surface area contributed by atoms with Crippen LogP contribution in [0.25, 0.3) is 0 Å². The van der Waals surface area contributed by atoms with Crippen molar-refractivity contribution in [2.75, 3.05) is 6.54 Å². The number of hydrogen-bond acceptors (Lipinski definition) is 4. The lowest BCUT2D eigenvalue weighted by atomic mass is 9.73. The zero-order chi connectivity index (χ0) is 18.1. The van der Waals surface area contributed by atoms with Gasteiger partial charge >= 0.3 is 0 Å². The van der Waals surface area contributed by atoms with Crippen LogP contribution in [0.15, 0.2) is 64.5 Å². The Morgan fingerprint density at radius 1 is 1.20 bits per heavy atom. The van der Waals surface area contributed by atoms with E-state index in [2.05, 4.69) is 11.1 Å². The summed E-state index contributed by atoms with van der Waals surface area (Å²) in [6.07, 6.45) is 5.25. The van der Waals surface area contributed by atoms with Crippen LogP contribution in [-0.2, 0) is 15.4 Å². The van der Waals surface area contributed by atoms with Crippen molar-refractivity contribution in [3.05, 3.63) is 77.1 Å². The Labute approximate surface area is 145 Å². The maximum absolute atomic E-state index is 14.4. The largest absolute Gasteiger partial charge is 0.292 e. The zero-order valence-electron chi connectivity index (χ0n) is 13.1. The van der Waals surface area contributed by atoms with E-state index in [-0.39, 0.29) is 0 Å². The van der Waals surface area contributed by atoms with Gasteiger partial charge in [0.05, 0.1) is 23.6 Å². The lowest BCUT2D eigenvalue weighted by Gasteiger charge is -2.32. The Kier molecular flexibility index (Phi) is 4.25. The van der Waals surface area contributed by atoms with Crippen LogP contribution in [0.3, 0.4) is 0 Å². The maximum Gasteiger partial charge on any atom is 0.240 e. The molecule has 0 aromatic heterocycles. The van der Waals surface area contributed by atoms with Crippen LogP contribution in [-0.4, -0.2) is 21.2 Å². The van der Waals surface area contributed by atoms with Gasteiger partial charge in [0.25, 0.3) is 0 Å². The maximum atomic E-state index is 14.4. The summed E-state index contributed by atoms with van der Waals surface area (Å²) in [6, 6.07) is 12.9. The molecule has 3 rings (SSSR count). The van der Waals surface area contributed by atoms with Crippen molar-refractivity contribution in [3.63, 3.8) is 0 Å². The van der Waals surface area contributed by atoms with Gasteiger partial charge in [-0.15, -0.1) is 0 Å². The van der Waals surface area contributed by atoms with Gasteiger partial charge in [0, 0.05) is 6.21 Å². The van der Waals surface area contributed by atoms with Crippen LogP contribution >= 0.6 is 0 Å². The van der Waals surface area contributed by atoms with Crippen molar-refractivity contribution in [1.82, 2.24) is 0 Å². The Bertz CT molecular complexity index is 1040. The summed E-state index contributed by atoms with van der Waals surface area (Å²) >= 11 is 0. The minimum atomic E-state index is -4.14. The Balaban J connectivity index is 2.21. The number of dihydropyridines is 1. The van der Waals surface area contributed by atoms with E-state index in [9.17, 15) is 12.8 Å². The number of nitrogens with two attached hydrogens (primary N) is 1. The van der Waals surface area contributed by atoms with E-state index in [4.69, 9.17) is 10.4 Å². The van der Waals surface area contributed by atoms with Gasteiger partial charge in [-0.2, -0.15) is 5.26 Å². The fourth-order valence-electron chi connectivity index (χ4n) is 2.93. The number of nitrogens with zero attached hydrogens (tertiary/aromatic N) is 2. The zero-order valence-corrected chi connectivity index (χ0v) is 13.9. The number of rotatable bonds is 3. The number of primary sulfonamides is 1. The standard InChI is InChI=1S/C18H14FN3O2S/c19-16-10-15(5-6-17(16)25(21,23)24)18(7-2-8-22-12-18)14-4-1-3-13(9-14)11-20/h1-10H,12H2,(H2,21,23,24). The molecule has 2 aromatic rings. The molecule has 0 bridgehead atoms. The van der Waals surface area contributed by atoms with Crippen LogP contribution in [0.2, 0.25) is 0 Å².